The van der Waals surface area contributed by atoms with Gasteiger partial charge in [-0.3, -0.25) is 0 Å². The number of aromatic nitrogens is 1. The summed E-state index contributed by atoms with van der Waals surface area (Å²) in [6.07, 6.45) is -0.441. The fourth-order valence-electron chi connectivity index (χ4n) is 10.1. The lowest BCUT2D eigenvalue weighted by Gasteiger charge is -2.26. The molecule has 3 aromatic heterocycles. The monoisotopic (exact) mass is 822 g/mol. The number of nitrogens with zero attached hydrogens (tertiary/aromatic N) is 3. The average molecular weight is 823 g/mol. The van der Waals surface area contributed by atoms with E-state index in [9.17, 15) is 0 Å². The highest BCUT2D eigenvalue weighted by Gasteiger charge is 2.28. The van der Waals surface area contributed by atoms with Gasteiger partial charge in [-0.15, -0.1) is 11.3 Å². The van der Waals surface area contributed by atoms with E-state index >= 15 is 0 Å². The molecular weight excluding hydrogens is 789 g/mol. The third-order valence-electron chi connectivity index (χ3n) is 13.0. The van der Waals surface area contributed by atoms with Gasteiger partial charge in [0.15, 0.2) is 5.84 Å². The van der Waals surface area contributed by atoms with Crippen molar-refractivity contribution in [2.45, 2.75) is 6.17 Å². The first-order valence-electron chi connectivity index (χ1n) is 21.3. The maximum Gasteiger partial charge on any atom is 0.160 e. The number of hydrogen-bond donors (Lipinski definition) is 1. The highest BCUT2D eigenvalue weighted by atomic mass is 32.1. The molecule has 1 aliphatic heterocycles. The second kappa shape index (κ2) is 13.2. The van der Waals surface area contributed by atoms with Crippen molar-refractivity contribution in [3.05, 3.63) is 211 Å². The lowest BCUT2D eigenvalue weighted by molar-refractivity contribution is 0.667. The van der Waals surface area contributed by atoms with Crippen molar-refractivity contribution >= 4 is 119 Å². The van der Waals surface area contributed by atoms with E-state index < -0.39 is 6.17 Å². The van der Waals surface area contributed by atoms with Gasteiger partial charge in [0.2, 0.25) is 0 Å². The van der Waals surface area contributed by atoms with Crippen LogP contribution in [0.5, 0.6) is 0 Å². The minimum atomic E-state index is -0.441. The Morgan fingerprint density at radius 3 is 1.83 bits per heavy atom. The SMILES string of the molecule is c1ccc2cc3c(cc2c1)c1cc2ccccc2cc1n3-c1cc2c(cc1C1=NC(c3cccc4sc5ccccc5c34)=NC(c3cccc4ccccc34)N1)oc1ccccc12. The second-order valence-corrected chi connectivity index (χ2v) is 17.6. The van der Waals surface area contributed by atoms with E-state index in [-0.39, 0.29) is 0 Å². The van der Waals surface area contributed by atoms with E-state index in [1.807, 2.05) is 17.4 Å². The summed E-state index contributed by atoms with van der Waals surface area (Å²) in [5.41, 5.74) is 7.91. The Labute approximate surface area is 364 Å². The first-order chi connectivity index (χ1) is 31.2. The van der Waals surface area contributed by atoms with Crippen LogP contribution in [0.4, 0.5) is 0 Å². The number of fused-ring (bicyclic) bond motifs is 12. The molecule has 0 spiro atoms. The highest BCUT2D eigenvalue weighted by molar-refractivity contribution is 7.25. The van der Waals surface area contributed by atoms with Gasteiger partial charge in [-0.1, -0.05) is 140 Å². The van der Waals surface area contributed by atoms with Crippen molar-refractivity contribution < 1.29 is 4.42 Å². The predicted octanol–water partition coefficient (Wildman–Crippen LogP) is 15.0. The van der Waals surface area contributed by atoms with Gasteiger partial charge < -0.3 is 14.3 Å². The molecule has 0 bridgehead atoms. The van der Waals surface area contributed by atoms with Crippen LogP contribution >= 0.6 is 11.3 Å². The van der Waals surface area contributed by atoms with Gasteiger partial charge in [0.25, 0.3) is 0 Å². The Kier molecular flexibility index (Phi) is 7.27. The molecule has 1 N–H and O–H groups in total. The summed E-state index contributed by atoms with van der Waals surface area (Å²) in [4.78, 5) is 11.1. The molecule has 0 saturated heterocycles. The lowest BCUT2D eigenvalue weighted by atomic mass is 10.00. The van der Waals surface area contributed by atoms with Gasteiger partial charge in [-0.25, -0.2) is 9.98 Å². The Morgan fingerprint density at radius 2 is 1.06 bits per heavy atom. The Morgan fingerprint density at radius 1 is 0.460 bits per heavy atom. The zero-order chi connectivity index (χ0) is 41.2. The largest absolute Gasteiger partial charge is 0.456 e. The van der Waals surface area contributed by atoms with Crippen LogP contribution in [0.3, 0.4) is 0 Å². The molecule has 14 rings (SSSR count). The van der Waals surface area contributed by atoms with E-state index in [0.717, 1.165) is 72.0 Å². The van der Waals surface area contributed by atoms with E-state index in [2.05, 4.69) is 198 Å². The first-order valence-corrected chi connectivity index (χ1v) is 22.1. The van der Waals surface area contributed by atoms with Crippen LogP contribution in [0.15, 0.2) is 209 Å². The highest BCUT2D eigenvalue weighted by Crippen LogP contribution is 2.42. The molecule has 63 heavy (non-hydrogen) atoms. The summed E-state index contributed by atoms with van der Waals surface area (Å²) in [6, 6.07) is 69.8. The minimum Gasteiger partial charge on any atom is -0.456 e. The number of hydrogen-bond acceptors (Lipinski definition) is 5. The molecule has 0 radical (unpaired) electrons. The normalized spacial score (nSPS) is 14.5. The standard InChI is InChI=1S/C57H34N4OS/c1-3-16-36-29-47-43(27-34(36)14-1)44-28-35-15-2-4-17-37(35)30-48(44)61(47)49-31-45-39-20-7-9-24-50(39)62-51(45)32-46(49)57-59-55(40-22-11-18-33-13-5-6-19-38(33)40)58-56(60-57)42-23-12-26-53-54(42)41-21-8-10-25-52(41)63-53/h1-32,55H,(H,58,59,60). The van der Waals surface area contributed by atoms with Gasteiger partial charge in [-0.2, -0.15) is 0 Å². The predicted molar refractivity (Wildman–Crippen MR) is 265 cm³/mol. The molecule has 13 aromatic rings. The van der Waals surface area contributed by atoms with Gasteiger partial charge in [0, 0.05) is 58.4 Å². The van der Waals surface area contributed by atoms with E-state index in [1.54, 1.807) is 0 Å². The number of rotatable bonds is 4. The maximum absolute atomic E-state index is 6.70. The van der Waals surface area contributed by atoms with Gasteiger partial charge >= 0.3 is 0 Å². The van der Waals surface area contributed by atoms with E-state index in [0.29, 0.717) is 5.84 Å². The first kappa shape index (κ1) is 34.6. The Bertz CT molecular complexity index is 4050. The van der Waals surface area contributed by atoms with E-state index in [4.69, 9.17) is 14.4 Å². The second-order valence-electron chi connectivity index (χ2n) is 16.5. The Hall–Kier alpha value is -8.06. The van der Waals surface area contributed by atoms with Crippen molar-refractivity contribution in [3.8, 4) is 5.69 Å². The van der Waals surface area contributed by atoms with Crippen LogP contribution in [0.1, 0.15) is 22.9 Å². The smallest absolute Gasteiger partial charge is 0.160 e. The molecule has 0 saturated carbocycles. The fraction of sp³-hybridized carbons (Fsp3) is 0.0175. The molecule has 4 heterocycles. The summed E-state index contributed by atoms with van der Waals surface area (Å²) >= 11 is 1.81. The number of para-hydroxylation sites is 1. The number of benzene rings is 10. The van der Waals surface area contributed by atoms with Crippen molar-refractivity contribution in [1.29, 1.82) is 0 Å². The van der Waals surface area contributed by atoms with Gasteiger partial charge in [0.05, 0.1) is 16.7 Å². The van der Waals surface area contributed by atoms with Crippen LogP contribution in [-0.4, -0.2) is 16.2 Å². The van der Waals surface area contributed by atoms with Crippen LogP contribution in [0.2, 0.25) is 0 Å². The molecule has 5 nitrogen and oxygen atoms in total. The van der Waals surface area contributed by atoms with E-state index in [1.165, 1.54) is 52.5 Å². The summed E-state index contributed by atoms with van der Waals surface area (Å²) in [5.74, 6) is 1.41. The third-order valence-corrected chi connectivity index (χ3v) is 14.1. The zero-order valence-electron chi connectivity index (χ0n) is 33.7. The maximum atomic E-state index is 6.70. The Balaban J connectivity index is 1.10. The lowest BCUT2D eigenvalue weighted by Crippen LogP contribution is -2.34. The average Bonchev–Trinajstić information content (AvgIpc) is 4.00. The fourth-order valence-corrected chi connectivity index (χ4v) is 11.2. The number of aliphatic imine (C=N–C) groups is 2. The molecule has 10 aromatic carbocycles. The van der Waals surface area contributed by atoms with Crippen molar-refractivity contribution in [2.75, 3.05) is 0 Å². The minimum absolute atomic E-state index is 0.441. The molecule has 0 fully saturated rings. The summed E-state index contributed by atoms with van der Waals surface area (Å²) in [6.45, 7) is 0. The van der Waals surface area contributed by atoms with Crippen LogP contribution < -0.4 is 5.32 Å². The van der Waals surface area contributed by atoms with Crippen LogP contribution in [0, 0.1) is 0 Å². The number of thiophene rings is 1. The van der Waals surface area contributed by atoms with Crippen molar-refractivity contribution in [2.24, 2.45) is 9.98 Å². The molecule has 0 amide bonds. The van der Waals surface area contributed by atoms with Crippen molar-refractivity contribution in [3.63, 3.8) is 0 Å². The van der Waals surface area contributed by atoms with Crippen LogP contribution in [-0.2, 0) is 0 Å². The molecule has 1 atom stereocenters. The molecular formula is C57H34N4OS. The van der Waals surface area contributed by atoms with Gasteiger partial charge in [-0.05, 0) is 86.9 Å². The summed E-state index contributed by atoms with van der Waals surface area (Å²) in [7, 11) is 0. The van der Waals surface area contributed by atoms with Gasteiger partial charge in [0.1, 0.15) is 23.2 Å². The molecule has 294 valence electrons. The summed E-state index contributed by atoms with van der Waals surface area (Å²) in [5, 5.41) is 17.9. The third kappa shape index (κ3) is 5.22. The summed E-state index contributed by atoms with van der Waals surface area (Å²) < 4.78 is 11.6. The number of amidine groups is 2. The number of nitrogens with one attached hydrogen (secondary N) is 1. The molecule has 1 unspecified atom stereocenters. The van der Waals surface area contributed by atoms with Crippen molar-refractivity contribution in [1.82, 2.24) is 9.88 Å². The molecule has 0 aliphatic carbocycles. The van der Waals surface area contributed by atoms with Crippen LogP contribution in [0.25, 0.3) is 102 Å². The molecule has 1 aliphatic rings. The topological polar surface area (TPSA) is 54.8 Å². The zero-order valence-corrected chi connectivity index (χ0v) is 34.5. The molecule has 6 heteroatoms. The number of furan rings is 1. The quantitative estimate of drug-likeness (QED) is 0.192.